The van der Waals surface area contributed by atoms with Crippen LogP contribution in [-0.2, 0) is 10.9 Å². The van der Waals surface area contributed by atoms with E-state index < -0.39 is 17.7 Å². The molecule has 2 atom stereocenters. The lowest BCUT2D eigenvalue weighted by atomic mass is 10.0. The molecule has 0 amide bonds. The zero-order valence-corrected chi connectivity index (χ0v) is 11.4. The van der Waals surface area contributed by atoms with Crippen molar-refractivity contribution in [1.82, 2.24) is 0 Å². The van der Waals surface area contributed by atoms with Gasteiger partial charge >= 0.3 is 12.1 Å². The Kier molecular flexibility index (Phi) is 4.41. The van der Waals surface area contributed by atoms with E-state index in [9.17, 15) is 18.0 Å². The molecular formula is C14H16F3NO3. The maximum Gasteiger partial charge on any atom is 0.416 e. The molecule has 1 aromatic carbocycles. The Balaban J connectivity index is 2.17. The maximum absolute atomic E-state index is 12.6. The van der Waals surface area contributed by atoms with E-state index >= 15 is 0 Å². The number of nitrogens with one attached hydrogen (secondary N) is 1. The van der Waals surface area contributed by atoms with Crippen LogP contribution < -0.4 is 5.32 Å². The monoisotopic (exact) mass is 303 g/mol. The van der Waals surface area contributed by atoms with Crippen molar-refractivity contribution >= 4 is 11.7 Å². The number of rotatable bonds is 4. The predicted molar refractivity (Wildman–Crippen MR) is 70.4 cm³/mol. The summed E-state index contributed by atoms with van der Waals surface area (Å²) in [6, 6.07) is 2.69. The molecule has 0 saturated carbocycles. The van der Waals surface area contributed by atoms with Crippen LogP contribution in [0, 0.1) is 5.92 Å². The topological polar surface area (TPSA) is 58.6 Å². The van der Waals surface area contributed by atoms with Crippen molar-refractivity contribution in [2.24, 2.45) is 5.92 Å². The molecule has 2 unspecified atom stereocenters. The third-order valence-electron chi connectivity index (χ3n) is 3.67. The van der Waals surface area contributed by atoms with Gasteiger partial charge in [0, 0.05) is 24.8 Å². The number of benzene rings is 1. The van der Waals surface area contributed by atoms with Gasteiger partial charge in [-0.1, -0.05) is 0 Å². The number of aromatic carboxylic acids is 1. The molecule has 1 aliphatic rings. The minimum atomic E-state index is -4.56. The van der Waals surface area contributed by atoms with Crippen molar-refractivity contribution in [2.45, 2.75) is 25.6 Å². The van der Waals surface area contributed by atoms with Crippen LogP contribution >= 0.6 is 0 Å². The average Bonchev–Trinajstić information content (AvgIpc) is 2.80. The molecule has 116 valence electrons. The molecule has 1 aliphatic heterocycles. The van der Waals surface area contributed by atoms with Gasteiger partial charge in [0.05, 0.1) is 17.2 Å². The maximum atomic E-state index is 12.6. The molecule has 4 nitrogen and oxygen atoms in total. The predicted octanol–water partition coefficient (Wildman–Crippen LogP) is 3.24. The number of ether oxygens (including phenoxy) is 1. The van der Waals surface area contributed by atoms with E-state index in [2.05, 4.69) is 5.32 Å². The fourth-order valence-corrected chi connectivity index (χ4v) is 2.34. The molecule has 0 bridgehead atoms. The molecule has 1 fully saturated rings. The van der Waals surface area contributed by atoms with Crippen LogP contribution in [0.1, 0.15) is 29.3 Å². The molecule has 1 heterocycles. The number of carboxylic acid groups (broad SMARTS) is 1. The standard InChI is InChI=1S/C14H16F3NO3/c1-8-9(4-5-21-8)7-18-12-3-2-10(14(15,16)17)6-11(12)13(19)20/h2-3,6,8-9,18H,4-5,7H2,1H3,(H,19,20). The van der Waals surface area contributed by atoms with Crippen molar-refractivity contribution in [3.05, 3.63) is 29.3 Å². The van der Waals surface area contributed by atoms with E-state index in [-0.39, 0.29) is 23.3 Å². The molecule has 1 saturated heterocycles. The van der Waals surface area contributed by atoms with Crippen molar-refractivity contribution < 1.29 is 27.8 Å². The van der Waals surface area contributed by atoms with Gasteiger partial charge in [0.15, 0.2) is 0 Å². The Labute approximate surface area is 119 Å². The first kappa shape index (κ1) is 15.6. The second-order valence-corrected chi connectivity index (χ2v) is 5.07. The van der Waals surface area contributed by atoms with E-state index in [1.54, 1.807) is 0 Å². The van der Waals surface area contributed by atoms with Crippen LogP contribution in [0.4, 0.5) is 18.9 Å². The summed E-state index contributed by atoms with van der Waals surface area (Å²) in [6.45, 7) is 3.03. The molecule has 0 spiro atoms. The fraction of sp³-hybridized carbons (Fsp3) is 0.500. The summed E-state index contributed by atoms with van der Waals surface area (Å²) in [4.78, 5) is 11.1. The highest BCUT2D eigenvalue weighted by Crippen LogP contribution is 2.32. The first-order chi connectivity index (χ1) is 9.79. The van der Waals surface area contributed by atoms with Gasteiger partial charge in [0.25, 0.3) is 0 Å². The molecule has 0 aromatic heterocycles. The van der Waals surface area contributed by atoms with Crippen LogP contribution in [0.5, 0.6) is 0 Å². The van der Waals surface area contributed by atoms with E-state index in [1.807, 2.05) is 6.92 Å². The zero-order valence-electron chi connectivity index (χ0n) is 11.4. The van der Waals surface area contributed by atoms with Gasteiger partial charge in [-0.2, -0.15) is 13.2 Å². The highest BCUT2D eigenvalue weighted by atomic mass is 19.4. The van der Waals surface area contributed by atoms with E-state index in [0.29, 0.717) is 19.2 Å². The SMILES string of the molecule is CC1OCCC1CNc1ccc(C(F)(F)F)cc1C(=O)O. The quantitative estimate of drug-likeness (QED) is 0.896. The minimum absolute atomic E-state index is 0.0558. The van der Waals surface area contributed by atoms with Crippen molar-refractivity contribution in [2.75, 3.05) is 18.5 Å². The summed E-state index contributed by atoms with van der Waals surface area (Å²) < 4.78 is 43.2. The molecule has 2 N–H and O–H groups in total. The Morgan fingerprint density at radius 3 is 2.71 bits per heavy atom. The van der Waals surface area contributed by atoms with E-state index in [1.165, 1.54) is 0 Å². The largest absolute Gasteiger partial charge is 0.478 e. The number of hydrogen-bond acceptors (Lipinski definition) is 3. The lowest BCUT2D eigenvalue weighted by molar-refractivity contribution is -0.137. The smallest absolute Gasteiger partial charge is 0.416 e. The minimum Gasteiger partial charge on any atom is -0.478 e. The van der Waals surface area contributed by atoms with Crippen LogP contribution in [0.25, 0.3) is 0 Å². The summed E-state index contributed by atoms with van der Waals surface area (Å²) >= 11 is 0. The Morgan fingerprint density at radius 2 is 2.19 bits per heavy atom. The van der Waals surface area contributed by atoms with Crippen LogP contribution in [0.2, 0.25) is 0 Å². The average molecular weight is 303 g/mol. The van der Waals surface area contributed by atoms with Gasteiger partial charge in [0.2, 0.25) is 0 Å². The van der Waals surface area contributed by atoms with Crippen LogP contribution in [0.15, 0.2) is 18.2 Å². The summed E-state index contributed by atoms with van der Waals surface area (Å²) in [5, 5.41) is 12.0. The Morgan fingerprint density at radius 1 is 1.48 bits per heavy atom. The number of anilines is 1. The molecule has 1 aromatic rings. The normalized spacial score (nSPS) is 22.3. The van der Waals surface area contributed by atoms with Gasteiger partial charge < -0.3 is 15.2 Å². The Hall–Kier alpha value is -1.76. The van der Waals surface area contributed by atoms with Gasteiger partial charge in [0.1, 0.15) is 0 Å². The van der Waals surface area contributed by atoms with Crippen LogP contribution in [-0.4, -0.2) is 30.3 Å². The van der Waals surface area contributed by atoms with Crippen LogP contribution in [0.3, 0.4) is 0 Å². The first-order valence-corrected chi connectivity index (χ1v) is 6.59. The number of alkyl halides is 3. The Bertz CT molecular complexity index is 531. The molecule has 7 heteroatoms. The van der Waals surface area contributed by atoms with E-state index in [0.717, 1.165) is 18.6 Å². The van der Waals surface area contributed by atoms with Gasteiger partial charge in [-0.15, -0.1) is 0 Å². The van der Waals surface area contributed by atoms with Crippen molar-refractivity contribution in [3.8, 4) is 0 Å². The number of carboxylic acids is 1. The number of hydrogen-bond donors (Lipinski definition) is 2. The summed E-state index contributed by atoms with van der Waals surface area (Å²) in [7, 11) is 0. The zero-order chi connectivity index (χ0) is 15.6. The van der Waals surface area contributed by atoms with E-state index in [4.69, 9.17) is 9.84 Å². The third-order valence-corrected chi connectivity index (χ3v) is 3.67. The van der Waals surface area contributed by atoms with Crippen molar-refractivity contribution in [1.29, 1.82) is 0 Å². The molecule has 2 rings (SSSR count). The lowest BCUT2D eigenvalue weighted by Gasteiger charge is -2.17. The molecule has 0 radical (unpaired) electrons. The number of carbonyl (C=O) groups is 1. The highest BCUT2D eigenvalue weighted by molar-refractivity contribution is 5.94. The third kappa shape index (κ3) is 3.66. The van der Waals surface area contributed by atoms with Gasteiger partial charge in [-0.3, -0.25) is 0 Å². The summed E-state index contributed by atoms with van der Waals surface area (Å²) in [5.41, 5.74) is -1.16. The number of halogens is 3. The fourth-order valence-electron chi connectivity index (χ4n) is 2.34. The van der Waals surface area contributed by atoms with Gasteiger partial charge in [-0.25, -0.2) is 4.79 Å². The van der Waals surface area contributed by atoms with Crippen molar-refractivity contribution in [3.63, 3.8) is 0 Å². The highest BCUT2D eigenvalue weighted by Gasteiger charge is 2.32. The molecular weight excluding hydrogens is 287 g/mol. The summed E-state index contributed by atoms with van der Waals surface area (Å²) in [5.74, 6) is -1.17. The summed E-state index contributed by atoms with van der Waals surface area (Å²) in [6.07, 6.45) is -3.66. The molecule has 21 heavy (non-hydrogen) atoms. The van der Waals surface area contributed by atoms with Gasteiger partial charge in [-0.05, 0) is 31.5 Å². The second kappa shape index (κ2) is 5.93. The lowest BCUT2D eigenvalue weighted by Crippen LogP contribution is -2.22. The molecule has 0 aliphatic carbocycles. The first-order valence-electron chi connectivity index (χ1n) is 6.59. The second-order valence-electron chi connectivity index (χ2n) is 5.07.